The molecule has 1 aliphatic rings. The molecule has 0 aliphatic carbocycles. The number of nitrogens with one attached hydrogen (secondary N) is 1. The third-order valence-electron chi connectivity index (χ3n) is 4.93. The number of halogens is 1. The number of hydrogen-bond donors (Lipinski definition) is 2. The molecule has 0 radical (unpaired) electrons. The molecule has 2 N–H and O–H groups in total. The van der Waals surface area contributed by atoms with Crippen LogP contribution in [-0.4, -0.2) is 66.3 Å². The maximum Gasteiger partial charge on any atom is 0.258 e. The van der Waals surface area contributed by atoms with E-state index < -0.39 is 0 Å². The minimum absolute atomic E-state index is 0.00125. The second-order valence-corrected chi connectivity index (χ2v) is 7.53. The molecule has 0 unspecified atom stereocenters. The molecule has 29 heavy (non-hydrogen) atoms. The number of aromatic nitrogens is 2. The van der Waals surface area contributed by atoms with Gasteiger partial charge in [0, 0.05) is 33.4 Å². The van der Waals surface area contributed by atoms with E-state index in [2.05, 4.69) is 15.3 Å². The van der Waals surface area contributed by atoms with Crippen LogP contribution in [0.4, 0.5) is 11.8 Å². The van der Waals surface area contributed by atoms with Crippen LogP contribution in [0.25, 0.3) is 0 Å². The number of benzene rings is 1. The van der Waals surface area contributed by atoms with Gasteiger partial charge in [0.1, 0.15) is 17.1 Å². The summed E-state index contributed by atoms with van der Waals surface area (Å²) in [6, 6.07) is 5.51. The third-order valence-corrected chi connectivity index (χ3v) is 5.23. The summed E-state index contributed by atoms with van der Waals surface area (Å²) in [7, 11) is 4.94. The summed E-state index contributed by atoms with van der Waals surface area (Å²) in [6.07, 6.45) is 3.41. The average Bonchev–Trinajstić information content (AvgIpc) is 3.20. The van der Waals surface area contributed by atoms with E-state index in [-0.39, 0.29) is 18.6 Å². The Balaban J connectivity index is 1.88. The minimum Gasteiger partial charge on any atom is -0.495 e. The quantitative estimate of drug-likeness (QED) is 0.712. The number of nitrogens with zero attached hydrogens (tertiary/aromatic N) is 4. The van der Waals surface area contributed by atoms with E-state index in [1.165, 1.54) is 4.90 Å². The Labute approximate surface area is 175 Å². The predicted octanol–water partition coefficient (Wildman–Crippen LogP) is 2.41. The van der Waals surface area contributed by atoms with E-state index >= 15 is 0 Å². The van der Waals surface area contributed by atoms with Crippen LogP contribution in [0.1, 0.15) is 28.8 Å². The number of anilines is 2. The van der Waals surface area contributed by atoms with Gasteiger partial charge in [0.15, 0.2) is 0 Å². The molecule has 156 valence electrons. The van der Waals surface area contributed by atoms with Crippen LogP contribution in [-0.2, 0) is 6.54 Å². The molecule has 9 heteroatoms. The molecule has 0 saturated carbocycles. The van der Waals surface area contributed by atoms with Crippen LogP contribution in [0, 0.1) is 0 Å². The van der Waals surface area contributed by atoms with Crippen molar-refractivity contribution in [3.8, 4) is 5.75 Å². The molecule has 3 rings (SSSR count). The molecule has 0 bridgehead atoms. The Bertz CT molecular complexity index is 877. The number of methoxy groups -OCH3 is 1. The van der Waals surface area contributed by atoms with Crippen molar-refractivity contribution in [3.63, 3.8) is 0 Å². The summed E-state index contributed by atoms with van der Waals surface area (Å²) in [5.41, 5.74) is 1.31. The largest absolute Gasteiger partial charge is 0.495 e. The number of carbonyl (C=O) groups is 1. The van der Waals surface area contributed by atoms with Gasteiger partial charge in [0.25, 0.3) is 5.91 Å². The lowest BCUT2D eigenvalue weighted by Gasteiger charge is -2.24. The Morgan fingerprint density at radius 2 is 2.24 bits per heavy atom. The Hall–Kier alpha value is -2.58. The molecule has 2 heterocycles. The number of amides is 1. The molecule has 1 saturated heterocycles. The monoisotopic (exact) mass is 419 g/mol. The molecular weight excluding hydrogens is 394 g/mol. The number of aliphatic hydroxyl groups is 1. The van der Waals surface area contributed by atoms with Crippen LogP contribution in [0.3, 0.4) is 0 Å². The lowest BCUT2D eigenvalue weighted by Crippen LogP contribution is -2.34. The van der Waals surface area contributed by atoms with Crippen molar-refractivity contribution in [2.45, 2.75) is 25.4 Å². The first-order chi connectivity index (χ1) is 13.9. The molecule has 8 nitrogen and oxygen atoms in total. The highest BCUT2D eigenvalue weighted by Crippen LogP contribution is 2.27. The third kappa shape index (κ3) is 4.71. The van der Waals surface area contributed by atoms with Crippen molar-refractivity contribution in [3.05, 3.63) is 40.5 Å². The van der Waals surface area contributed by atoms with Gasteiger partial charge in [-0.05, 0) is 30.5 Å². The van der Waals surface area contributed by atoms with Gasteiger partial charge in [-0.25, -0.2) is 4.98 Å². The molecule has 2 aromatic rings. The Kier molecular flexibility index (Phi) is 6.76. The topological polar surface area (TPSA) is 90.8 Å². The van der Waals surface area contributed by atoms with Crippen molar-refractivity contribution in [2.75, 3.05) is 44.6 Å². The van der Waals surface area contributed by atoms with Gasteiger partial charge in [0.05, 0.1) is 24.8 Å². The zero-order chi connectivity index (χ0) is 21.0. The van der Waals surface area contributed by atoms with Gasteiger partial charge < -0.3 is 25.0 Å². The fraction of sp³-hybridized carbons (Fsp3) is 0.450. The molecule has 1 aromatic heterocycles. The van der Waals surface area contributed by atoms with Gasteiger partial charge in [0.2, 0.25) is 5.95 Å². The molecule has 1 atom stereocenters. The summed E-state index contributed by atoms with van der Waals surface area (Å²) < 4.78 is 5.18. The van der Waals surface area contributed by atoms with E-state index in [0.717, 1.165) is 24.9 Å². The minimum atomic E-state index is -0.188. The summed E-state index contributed by atoms with van der Waals surface area (Å²) in [6.45, 7) is 1.26. The lowest BCUT2D eigenvalue weighted by molar-refractivity contribution is 0.0827. The summed E-state index contributed by atoms with van der Waals surface area (Å²) in [5.74, 6) is 1.37. The summed E-state index contributed by atoms with van der Waals surface area (Å²) in [4.78, 5) is 25.1. The second kappa shape index (κ2) is 9.28. The van der Waals surface area contributed by atoms with E-state index in [4.69, 9.17) is 16.3 Å². The first-order valence-corrected chi connectivity index (χ1v) is 9.85. The first-order valence-electron chi connectivity index (χ1n) is 9.47. The predicted molar refractivity (Wildman–Crippen MR) is 113 cm³/mol. The van der Waals surface area contributed by atoms with E-state index in [1.807, 2.05) is 17.0 Å². The molecule has 1 aromatic carbocycles. The maximum atomic E-state index is 12.6. The zero-order valence-corrected chi connectivity index (χ0v) is 17.6. The van der Waals surface area contributed by atoms with E-state index in [9.17, 15) is 9.90 Å². The van der Waals surface area contributed by atoms with E-state index in [1.54, 1.807) is 33.5 Å². The molecule has 0 spiro atoms. The SMILES string of the molecule is COc1ccc(CNc2nc(N3CCC[C@H]3CO)ncc2C(=O)N(C)C)cc1Cl. The normalized spacial score (nSPS) is 16.0. The highest BCUT2D eigenvalue weighted by Gasteiger charge is 2.27. The number of aliphatic hydroxyl groups excluding tert-OH is 1. The Morgan fingerprint density at radius 3 is 2.90 bits per heavy atom. The maximum absolute atomic E-state index is 12.6. The fourth-order valence-electron chi connectivity index (χ4n) is 3.34. The van der Waals surface area contributed by atoms with Gasteiger partial charge in [-0.15, -0.1) is 0 Å². The molecule has 1 fully saturated rings. The number of carbonyl (C=O) groups excluding carboxylic acids is 1. The van der Waals surface area contributed by atoms with Crippen molar-refractivity contribution >= 4 is 29.3 Å². The zero-order valence-electron chi connectivity index (χ0n) is 16.9. The van der Waals surface area contributed by atoms with Crippen molar-refractivity contribution in [2.24, 2.45) is 0 Å². The van der Waals surface area contributed by atoms with Crippen LogP contribution >= 0.6 is 11.6 Å². The van der Waals surface area contributed by atoms with Crippen molar-refractivity contribution in [1.29, 1.82) is 0 Å². The average molecular weight is 420 g/mol. The second-order valence-electron chi connectivity index (χ2n) is 7.13. The van der Waals surface area contributed by atoms with Gasteiger partial charge in [-0.3, -0.25) is 4.79 Å². The number of rotatable bonds is 7. The smallest absolute Gasteiger partial charge is 0.258 e. The molecule has 1 amide bonds. The highest BCUT2D eigenvalue weighted by atomic mass is 35.5. The van der Waals surface area contributed by atoms with Gasteiger partial charge in [-0.2, -0.15) is 4.98 Å². The van der Waals surface area contributed by atoms with Crippen molar-refractivity contribution in [1.82, 2.24) is 14.9 Å². The summed E-state index contributed by atoms with van der Waals surface area (Å²) in [5, 5.41) is 13.4. The van der Waals surface area contributed by atoms with Crippen LogP contribution in [0.5, 0.6) is 5.75 Å². The van der Waals surface area contributed by atoms with Gasteiger partial charge >= 0.3 is 0 Å². The number of hydrogen-bond acceptors (Lipinski definition) is 7. The molecular formula is C20H26ClN5O3. The van der Waals surface area contributed by atoms with Crippen LogP contribution in [0.2, 0.25) is 5.02 Å². The van der Waals surface area contributed by atoms with E-state index in [0.29, 0.717) is 34.6 Å². The lowest BCUT2D eigenvalue weighted by atomic mass is 10.2. The van der Waals surface area contributed by atoms with Crippen LogP contribution < -0.4 is 15.0 Å². The standard InChI is InChI=1S/C20H26ClN5O3/c1-25(2)19(28)15-11-23-20(26-8-4-5-14(26)12-27)24-18(15)22-10-13-6-7-17(29-3)16(21)9-13/h6-7,9,11,14,27H,4-5,8,10,12H2,1-3H3,(H,22,23,24)/t14-/m0/s1. The highest BCUT2D eigenvalue weighted by molar-refractivity contribution is 6.32. The van der Waals surface area contributed by atoms with Crippen molar-refractivity contribution < 1.29 is 14.6 Å². The molecule has 1 aliphatic heterocycles. The fourth-order valence-corrected chi connectivity index (χ4v) is 3.62. The van der Waals surface area contributed by atoms with Gasteiger partial charge in [-0.1, -0.05) is 17.7 Å². The number of ether oxygens (including phenoxy) is 1. The Morgan fingerprint density at radius 1 is 1.45 bits per heavy atom. The van der Waals surface area contributed by atoms with Crippen LogP contribution in [0.15, 0.2) is 24.4 Å². The first kappa shape index (κ1) is 21.1. The summed E-state index contributed by atoms with van der Waals surface area (Å²) >= 11 is 6.21.